The molecular weight excluding hydrogens is 240 g/mol. The summed E-state index contributed by atoms with van der Waals surface area (Å²) in [6.45, 7) is 5.24. The van der Waals surface area contributed by atoms with Crippen LogP contribution in [0.2, 0.25) is 0 Å². The second kappa shape index (κ2) is 4.70. The van der Waals surface area contributed by atoms with Crippen molar-refractivity contribution in [3.63, 3.8) is 0 Å². The van der Waals surface area contributed by atoms with Crippen LogP contribution in [0.5, 0.6) is 0 Å². The first-order valence-corrected chi connectivity index (χ1v) is 5.70. The van der Waals surface area contributed by atoms with Gasteiger partial charge in [-0.1, -0.05) is 0 Å². The molecule has 2 heterocycles. The van der Waals surface area contributed by atoms with E-state index in [4.69, 9.17) is 18.9 Å². The number of ether oxygens (including phenoxy) is 4. The molecular formula is C12H16O6. The van der Waals surface area contributed by atoms with Crippen LogP contribution in [0.1, 0.15) is 13.8 Å². The van der Waals surface area contributed by atoms with Crippen LogP contribution in [-0.2, 0) is 28.5 Å². The Labute approximate surface area is 105 Å². The van der Waals surface area contributed by atoms with E-state index in [2.05, 4.69) is 0 Å². The first-order valence-electron chi connectivity index (χ1n) is 5.70. The highest BCUT2D eigenvalue weighted by Gasteiger charge is 2.41. The van der Waals surface area contributed by atoms with Gasteiger partial charge >= 0.3 is 11.9 Å². The molecule has 2 fully saturated rings. The molecule has 0 spiro atoms. The second-order valence-corrected chi connectivity index (χ2v) is 5.03. The molecule has 2 rings (SSSR count). The Balaban J connectivity index is 1.62. The summed E-state index contributed by atoms with van der Waals surface area (Å²) in [5.74, 6) is -1.17. The molecule has 0 aliphatic carbocycles. The third-order valence-corrected chi connectivity index (χ3v) is 2.67. The van der Waals surface area contributed by atoms with Gasteiger partial charge in [0.25, 0.3) is 0 Å². The van der Waals surface area contributed by atoms with E-state index in [0.717, 1.165) is 12.2 Å². The van der Waals surface area contributed by atoms with Gasteiger partial charge in [-0.2, -0.15) is 0 Å². The number of hydrogen-bond donors (Lipinski definition) is 0. The topological polar surface area (TPSA) is 77.7 Å². The SMILES string of the molecule is CC1(COC(=O)/C=C/C(=O)OCC2(C)CO2)CO1. The Hall–Kier alpha value is -1.40. The molecule has 0 aromatic rings. The number of carbonyl (C=O) groups excluding carboxylic acids is 2. The van der Waals surface area contributed by atoms with Crippen LogP contribution in [0, 0.1) is 0 Å². The highest BCUT2D eigenvalue weighted by Crippen LogP contribution is 2.26. The minimum absolute atomic E-state index is 0.192. The van der Waals surface area contributed by atoms with Crippen LogP contribution >= 0.6 is 0 Å². The van der Waals surface area contributed by atoms with Gasteiger partial charge < -0.3 is 18.9 Å². The third-order valence-electron chi connectivity index (χ3n) is 2.67. The average molecular weight is 256 g/mol. The fourth-order valence-corrected chi connectivity index (χ4v) is 1.09. The Morgan fingerprint density at radius 2 is 1.33 bits per heavy atom. The molecule has 6 heteroatoms. The van der Waals surface area contributed by atoms with Crippen LogP contribution < -0.4 is 0 Å². The Morgan fingerprint density at radius 1 is 1.00 bits per heavy atom. The van der Waals surface area contributed by atoms with Crippen molar-refractivity contribution in [3.05, 3.63) is 12.2 Å². The zero-order valence-electron chi connectivity index (χ0n) is 10.4. The predicted molar refractivity (Wildman–Crippen MR) is 59.8 cm³/mol. The van der Waals surface area contributed by atoms with Gasteiger partial charge in [0, 0.05) is 12.2 Å². The van der Waals surface area contributed by atoms with Gasteiger partial charge in [0.15, 0.2) is 0 Å². The minimum Gasteiger partial charge on any atom is -0.459 e. The van der Waals surface area contributed by atoms with Crippen molar-refractivity contribution in [2.75, 3.05) is 26.4 Å². The highest BCUT2D eigenvalue weighted by molar-refractivity contribution is 5.91. The lowest BCUT2D eigenvalue weighted by atomic mass is 10.2. The monoisotopic (exact) mass is 256 g/mol. The van der Waals surface area contributed by atoms with E-state index in [1.54, 1.807) is 0 Å². The summed E-state index contributed by atoms with van der Waals surface area (Å²) in [5, 5.41) is 0. The van der Waals surface area contributed by atoms with Gasteiger partial charge in [-0.15, -0.1) is 0 Å². The number of epoxide rings is 2. The van der Waals surface area contributed by atoms with Crippen LogP contribution in [0.3, 0.4) is 0 Å². The second-order valence-electron chi connectivity index (χ2n) is 5.03. The van der Waals surface area contributed by atoms with Crippen molar-refractivity contribution in [3.8, 4) is 0 Å². The summed E-state index contributed by atoms with van der Waals surface area (Å²) in [6, 6.07) is 0. The summed E-state index contributed by atoms with van der Waals surface area (Å²) >= 11 is 0. The van der Waals surface area contributed by atoms with E-state index in [1.807, 2.05) is 13.8 Å². The molecule has 0 amide bonds. The van der Waals surface area contributed by atoms with E-state index >= 15 is 0 Å². The molecule has 2 unspecified atom stereocenters. The maximum atomic E-state index is 11.2. The van der Waals surface area contributed by atoms with E-state index in [-0.39, 0.29) is 24.4 Å². The Morgan fingerprint density at radius 3 is 1.61 bits per heavy atom. The van der Waals surface area contributed by atoms with Crippen LogP contribution in [0.25, 0.3) is 0 Å². The van der Waals surface area contributed by atoms with Crippen molar-refractivity contribution in [2.24, 2.45) is 0 Å². The zero-order valence-corrected chi connectivity index (χ0v) is 10.4. The largest absolute Gasteiger partial charge is 0.459 e. The molecule has 0 saturated carbocycles. The number of hydrogen-bond acceptors (Lipinski definition) is 6. The maximum absolute atomic E-state index is 11.2. The standard InChI is InChI=1S/C12H16O6/c1-11(7-17-11)5-15-9(13)3-4-10(14)16-6-12(2)8-18-12/h3-4H,5-8H2,1-2H3/b4-3+. The van der Waals surface area contributed by atoms with Crippen molar-refractivity contribution in [2.45, 2.75) is 25.0 Å². The first-order chi connectivity index (χ1) is 8.41. The van der Waals surface area contributed by atoms with Crippen molar-refractivity contribution in [1.29, 1.82) is 0 Å². The molecule has 0 aromatic carbocycles. The summed E-state index contributed by atoms with van der Waals surface area (Å²) in [6.07, 6.45) is 2.09. The molecule has 2 aliphatic rings. The third kappa shape index (κ3) is 4.12. The average Bonchev–Trinajstić information content (AvgIpc) is 3.23. The smallest absolute Gasteiger partial charge is 0.331 e. The summed E-state index contributed by atoms with van der Waals surface area (Å²) < 4.78 is 19.9. The van der Waals surface area contributed by atoms with Gasteiger partial charge in [-0.3, -0.25) is 0 Å². The quantitative estimate of drug-likeness (QED) is 0.384. The van der Waals surface area contributed by atoms with Gasteiger partial charge in [0.05, 0.1) is 13.2 Å². The molecule has 0 bridgehead atoms. The van der Waals surface area contributed by atoms with Crippen molar-refractivity contribution >= 4 is 11.9 Å². The number of carbonyl (C=O) groups is 2. The van der Waals surface area contributed by atoms with E-state index < -0.39 is 11.9 Å². The van der Waals surface area contributed by atoms with Crippen LogP contribution in [0.15, 0.2) is 12.2 Å². The lowest BCUT2D eigenvalue weighted by Gasteiger charge is -2.05. The predicted octanol–water partition coefficient (Wildman–Crippen LogP) is 0.207. The fraction of sp³-hybridized carbons (Fsp3) is 0.667. The van der Waals surface area contributed by atoms with Crippen molar-refractivity contribution in [1.82, 2.24) is 0 Å². The molecule has 2 atom stereocenters. The maximum Gasteiger partial charge on any atom is 0.331 e. The van der Waals surface area contributed by atoms with Crippen LogP contribution in [-0.4, -0.2) is 49.6 Å². The Bertz CT molecular complexity index is 342. The molecule has 0 radical (unpaired) electrons. The van der Waals surface area contributed by atoms with E-state index in [0.29, 0.717) is 13.2 Å². The van der Waals surface area contributed by atoms with E-state index in [1.165, 1.54) is 0 Å². The number of rotatable bonds is 6. The summed E-state index contributed by atoms with van der Waals surface area (Å²) in [4.78, 5) is 22.5. The molecule has 2 saturated heterocycles. The van der Waals surface area contributed by atoms with Gasteiger partial charge in [-0.05, 0) is 13.8 Å². The molecule has 18 heavy (non-hydrogen) atoms. The van der Waals surface area contributed by atoms with Gasteiger partial charge in [-0.25, -0.2) is 9.59 Å². The van der Waals surface area contributed by atoms with Gasteiger partial charge in [0.1, 0.15) is 24.4 Å². The van der Waals surface area contributed by atoms with E-state index in [9.17, 15) is 9.59 Å². The summed E-state index contributed by atoms with van der Waals surface area (Å²) in [5.41, 5.74) is -0.691. The molecule has 2 aliphatic heterocycles. The molecule has 6 nitrogen and oxygen atoms in total. The fourth-order valence-electron chi connectivity index (χ4n) is 1.09. The molecule has 100 valence electrons. The van der Waals surface area contributed by atoms with Gasteiger partial charge in [0.2, 0.25) is 0 Å². The lowest BCUT2D eigenvalue weighted by Crippen LogP contribution is -2.18. The summed E-state index contributed by atoms with van der Waals surface area (Å²) in [7, 11) is 0. The minimum atomic E-state index is -0.586. The molecule has 0 N–H and O–H groups in total. The van der Waals surface area contributed by atoms with Crippen LogP contribution in [0.4, 0.5) is 0 Å². The first kappa shape index (κ1) is 13.0. The lowest BCUT2D eigenvalue weighted by molar-refractivity contribution is -0.142. The Kier molecular flexibility index (Phi) is 3.41. The van der Waals surface area contributed by atoms with Crippen molar-refractivity contribution < 1.29 is 28.5 Å². The normalized spacial score (nSPS) is 33.2. The number of esters is 2. The molecule has 0 aromatic heterocycles. The zero-order chi connectivity index (χ0) is 13.2. The highest BCUT2D eigenvalue weighted by atomic mass is 16.6.